The molecule has 20 heavy (non-hydrogen) atoms. The molecule has 0 spiro atoms. The van der Waals surface area contributed by atoms with Crippen molar-refractivity contribution < 1.29 is 14.5 Å². The van der Waals surface area contributed by atoms with Gasteiger partial charge in [-0.15, -0.1) is 23.5 Å². The van der Waals surface area contributed by atoms with E-state index in [2.05, 4.69) is 0 Å². The second-order valence-corrected chi connectivity index (χ2v) is 6.29. The molecule has 0 saturated heterocycles. The maximum Gasteiger partial charge on any atom is 0.273 e. The molecule has 0 bridgehead atoms. The van der Waals surface area contributed by atoms with E-state index in [4.69, 9.17) is 0 Å². The van der Waals surface area contributed by atoms with Crippen LogP contribution < -0.4 is 4.90 Å². The summed E-state index contributed by atoms with van der Waals surface area (Å²) in [5.41, 5.74) is 0.0954. The van der Waals surface area contributed by atoms with Crippen molar-refractivity contribution in [2.75, 3.05) is 16.4 Å². The van der Waals surface area contributed by atoms with Gasteiger partial charge in [0.25, 0.3) is 17.5 Å². The molecule has 1 aromatic rings. The van der Waals surface area contributed by atoms with Gasteiger partial charge in [0.05, 0.1) is 20.4 Å². The van der Waals surface area contributed by atoms with Crippen LogP contribution in [0.4, 0.5) is 11.4 Å². The molecule has 1 aromatic carbocycles. The number of rotatable bonds is 2. The third-order valence-electron chi connectivity index (χ3n) is 2.88. The normalized spacial score (nSPS) is 18.5. The number of non-ortho nitro benzene ring substituents is 1. The number of carbonyl (C=O) groups excluding carboxylic acids is 2. The summed E-state index contributed by atoms with van der Waals surface area (Å²) >= 11 is 2.73. The molecule has 2 heterocycles. The van der Waals surface area contributed by atoms with Gasteiger partial charge in [0.1, 0.15) is 0 Å². The van der Waals surface area contributed by atoms with Gasteiger partial charge in [-0.1, -0.05) is 6.07 Å². The van der Waals surface area contributed by atoms with Crippen LogP contribution in [0, 0.1) is 10.1 Å². The number of hydrogen-bond donors (Lipinski definition) is 0. The summed E-state index contributed by atoms with van der Waals surface area (Å²) in [7, 11) is 0. The molecule has 8 heteroatoms. The molecule has 0 unspecified atom stereocenters. The van der Waals surface area contributed by atoms with Crippen molar-refractivity contribution in [3.63, 3.8) is 0 Å². The van der Waals surface area contributed by atoms with Crippen LogP contribution in [0.5, 0.6) is 0 Å². The van der Waals surface area contributed by atoms with Gasteiger partial charge < -0.3 is 0 Å². The molecule has 2 aliphatic rings. The van der Waals surface area contributed by atoms with E-state index in [0.717, 1.165) is 16.4 Å². The van der Waals surface area contributed by atoms with Crippen molar-refractivity contribution in [2.24, 2.45) is 0 Å². The van der Waals surface area contributed by atoms with E-state index in [0.29, 0.717) is 9.81 Å². The third kappa shape index (κ3) is 2.01. The number of carbonyl (C=O) groups is 2. The van der Waals surface area contributed by atoms with E-state index in [-0.39, 0.29) is 23.2 Å². The lowest BCUT2D eigenvalue weighted by molar-refractivity contribution is -0.384. The maximum atomic E-state index is 12.3. The molecule has 0 radical (unpaired) electrons. The lowest BCUT2D eigenvalue weighted by Gasteiger charge is -2.14. The van der Waals surface area contributed by atoms with E-state index in [9.17, 15) is 19.7 Å². The summed E-state index contributed by atoms with van der Waals surface area (Å²) in [5, 5.41) is 10.8. The Morgan fingerprint density at radius 3 is 2.25 bits per heavy atom. The number of nitrogens with zero attached hydrogens (tertiary/aromatic N) is 2. The summed E-state index contributed by atoms with van der Waals surface area (Å²) in [6, 6.07) is 5.55. The van der Waals surface area contributed by atoms with Gasteiger partial charge in [0.2, 0.25) is 0 Å². The first kappa shape index (κ1) is 13.2. The van der Waals surface area contributed by atoms with Crippen LogP contribution in [0.25, 0.3) is 0 Å². The molecule has 0 atom stereocenters. The number of nitro groups is 1. The third-order valence-corrected chi connectivity index (χ3v) is 5.41. The lowest BCUT2D eigenvalue weighted by Crippen LogP contribution is -2.31. The highest BCUT2D eigenvalue weighted by molar-refractivity contribution is 8.11. The minimum Gasteiger partial charge on any atom is -0.268 e. The predicted molar refractivity (Wildman–Crippen MR) is 77.5 cm³/mol. The first-order valence-corrected chi connectivity index (χ1v) is 7.70. The summed E-state index contributed by atoms with van der Waals surface area (Å²) < 4.78 is 0. The molecular weight excluding hydrogens is 300 g/mol. The Morgan fingerprint density at radius 1 is 1.10 bits per heavy atom. The van der Waals surface area contributed by atoms with Crippen LogP contribution in [-0.2, 0) is 9.59 Å². The fourth-order valence-corrected chi connectivity index (χ4v) is 4.31. The van der Waals surface area contributed by atoms with Crippen LogP contribution in [-0.4, -0.2) is 28.2 Å². The van der Waals surface area contributed by atoms with Gasteiger partial charge in [-0.25, -0.2) is 4.90 Å². The van der Waals surface area contributed by atoms with Gasteiger partial charge in [-0.2, -0.15) is 0 Å². The highest BCUT2D eigenvalue weighted by Crippen LogP contribution is 2.42. The first-order chi connectivity index (χ1) is 9.59. The Kier molecular flexibility index (Phi) is 3.27. The van der Waals surface area contributed by atoms with Crippen molar-refractivity contribution in [3.8, 4) is 0 Å². The summed E-state index contributed by atoms with van der Waals surface area (Å²) in [6.45, 7) is 0. The summed E-state index contributed by atoms with van der Waals surface area (Å²) in [4.78, 5) is 36.7. The molecule has 0 aliphatic carbocycles. The van der Waals surface area contributed by atoms with E-state index in [1.807, 2.05) is 0 Å². The van der Waals surface area contributed by atoms with E-state index >= 15 is 0 Å². The minimum absolute atomic E-state index is 0.145. The molecular formula is C12H8N2O4S2. The van der Waals surface area contributed by atoms with Gasteiger partial charge in [0.15, 0.2) is 0 Å². The van der Waals surface area contributed by atoms with Gasteiger partial charge in [-0.05, 0) is 6.07 Å². The number of anilines is 1. The van der Waals surface area contributed by atoms with Crippen molar-refractivity contribution in [3.05, 3.63) is 44.2 Å². The van der Waals surface area contributed by atoms with Gasteiger partial charge in [-0.3, -0.25) is 19.7 Å². The highest BCUT2D eigenvalue weighted by Gasteiger charge is 2.41. The Labute approximate surface area is 122 Å². The van der Waals surface area contributed by atoms with Crippen LogP contribution in [0.2, 0.25) is 0 Å². The fraction of sp³-hybridized carbons (Fsp3) is 0.167. The number of amides is 2. The topological polar surface area (TPSA) is 80.5 Å². The monoisotopic (exact) mass is 308 g/mol. The summed E-state index contributed by atoms with van der Waals surface area (Å²) in [6.07, 6.45) is 0. The largest absolute Gasteiger partial charge is 0.273 e. The van der Waals surface area contributed by atoms with Crippen LogP contribution in [0.15, 0.2) is 34.1 Å². The fourth-order valence-electron chi connectivity index (χ4n) is 2.01. The van der Waals surface area contributed by atoms with Crippen molar-refractivity contribution >= 4 is 46.7 Å². The molecule has 2 aliphatic heterocycles. The Bertz CT molecular complexity index is 643. The number of benzene rings is 1. The molecule has 0 aromatic heterocycles. The number of hydrogen-bond acceptors (Lipinski definition) is 6. The molecule has 102 valence electrons. The lowest BCUT2D eigenvalue weighted by atomic mass is 10.2. The van der Waals surface area contributed by atoms with Crippen molar-refractivity contribution in [1.82, 2.24) is 0 Å². The molecule has 6 nitrogen and oxygen atoms in total. The smallest absolute Gasteiger partial charge is 0.268 e. The van der Waals surface area contributed by atoms with E-state index in [1.54, 1.807) is 0 Å². The molecule has 2 amide bonds. The quantitative estimate of drug-likeness (QED) is 0.473. The van der Waals surface area contributed by atoms with Gasteiger partial charge >= 0.3 is 0 Å². The van der Waals surface area contributed by atoms with Crippen LogP contribution >= 0.6 is 23.5 Å². The zero-order valence-electron chi connectivity index (χ0n) is 10.1. The van der Waals surface area contributed by atoms with E-state index in [1.165, 1.54) is 47.8 Å². The predicted octanol–water partition coefficient (Wildman–Crippen LogP) is 2.16. The first-order valence-electron chi connectivity index (χ1n) is 5.72. The number of nitro benzene ring substituents is 1. The maximum absolute atomic E-state index is 12.3. The van der Waals surface area contributed by atoms with Crippen LogP contribution in [0.1, 0.15) is 0 Å². The summed E-state index contributed by atoms with van der Waals surface area (Å²) in [5.74, 6) is 0.793. The average Bonchev–Trinajstić information content (AvgIpc) is 2.72. The van der Waals surface area contributed by atoms with Gasteiger partial charge in [0, 0.05) is 23.6 Å². The Balaban J connectivity index is 2.00. The Morgan fingerprint density at radius 2 is 1.70 bits per heavy atom. The van der Waals surface area contributed by atoms with Crippen molar-refractivity contribution in [2.45, 2.75) is 0 Å². The second kappa shape index (κ2) is 4.95. The van der Waals surface area contributed by atoms with Crippen LogP contribution in [0.3, 0.4) is 0 Å². The number of thioether (sulfide) groups is 2. The molecule has 0 saturated carbocycles. The standard InChI is InChI=1S/C12H8N2O4S2/c15-11-9-10(20-5-4-19-9)12(16)13(11)7-2-1-3-8(6-7)14(17)18/h1-3,6H,4-5H2. The molecule has 3 rings (SSSR count). The Hall–Kier alpha value is -1.80. The van der Waals surface area contributed by atoms with Crippen molar-refractivity contribution in [1.29, 1.82) is 0 Å². The zero-order chi connectivity index (χ0) is 14.3. The molecule has 0 N–H and O–H groups in total. The second-order valence-electron chi connectivity index (χ2n) is 4.08. The minimum atomic E-state index is -0.550. The highest BCUT2D eigenvalue weighted by atomic mass is 32.2. The van der Waals surface area contributed by atoms with E-state index < -0.39 is 4.92 Å². The molecule has 0 fully saturated rings. The zero-order valence-corrected chi connectivity index (χ0v) is 11.7. The number of imide groups is 1. The average molecular weight is 308 g/mol. The SMILES string of the molecule is O=C1C2=C(SCCS2)C(=O)N1c1cccc([N+](=O)[O-])c1.